The van der Waals surface area contributed by atoms with Crippen LogP contribution in [0.15, 0.2) is 41.5 Å². The molecule has 3 aromatic rings. The van der Waals surface area contributed by atoms with E-state index < -0.39 is 49.2 Å². The van der Waals surface area contributed by atoms with E-state index in [9.17, 15) is 14.2 Å². The molecule has 1 saturated carbocycles. The third-order valence-corrected chi connectivity index (χ3v) is 8.08. The Labute approximate surface area is 212 Å². The van der Waals surface area contributed by atoms with Gasteiger partial charge in [0.25, 0.3) is 5.56 Å². The molecule has 1 unspecified atom stereocenters. The van der Waals surface area contributed by atoms with Gasteiger partial charge < -0.3 is 19.7 Å². The Kier molecular flexibility index (Phi) is 6.35. The number of fused-ring (bicyclic) bond motifs is 2. The number of ether oxygens (including phenoxy) is 2. The molecular weight excluding hydrogens is 503 g/mol. The van der Waals surface area contributed by atoms with Crippen LogP contribution in [0, 0.1) is 5.41 Å². The Hall–Kier alpha value is -3.25. The predicted molar refractivity (Wildman–Crippen MR) is 133 cm³/mol. The first-order chi connectivity index (χ1) is 17.5. The Bertz CT molecular complexity index is 1430. The number of rotatable bonds is 9. The molecule has 1 aliphatic heterocycles. The number of esters is 1. The van der Waals surface area contributed by atoms with Gasteiger partial charge in [0.05, 0.1) is 18.5 Å². The SMILES string of the molecule is CC(C)OC(=O)[C@H](C)N[P@](=O)(Oc1ccccc1)OC1[C@H]2O[C@@H](n3cnc4c(=O)[nH]c(N)nc43)C[C@@]12C. The summed E-state index contributed by atoms with van der Waals surface area (Å²) < 4.78 is 38.7. The number of anilines is 1. The fourth-order valence-corrected chi connectivity index (χ4v) is 6.29. The lowest BCUT2D eigenvalue weighted by Gasteiger charge is -2.25. The van der Waals surface area contributed by atoms with Crippen LogP contribution in [0.5, 0.6) is 5.75 Å². The molecule has 0 radical (unpaired) electrons. The average molecular weight is 532 g/mol. The van der Waals surface area contributed by atoms with Gasteiger partial charge in [-0.2, -0.15) is 10.1 Å². The number of benzene rings is 1. The van der Waals surface area contributed by atoms with Crippen LogP contribution in [0.25, 0.3) is 11.2 Å². The highest BCUT2D eigenvalue weighted by molar-refractivity contribution is 7.52. The van der Waals surface area contributed by atoms with Crippen molar-refractivity contribution in [3.8, 4) is 5.75 Å². The van der Waals surface area contributed by atoms with Gasteiger partial charge in [-0.1, -0.05) is 25.1 Å². The summed E-state index contributed by atoms with van der Waals surface area (Å²) in [5.74, 6) is -0.288. The number of carbonyl (C=O) groups is 1. The highest BCUT2D eigenvalue weighted by Crippen LogP contribution is 2.66. The maximum atomic E-state index is 13.9. The number of carbonyl (C=O) groups excluding carboxylic acids is 1. The maximum Gasteiger partial charge on any atom is 0.459 e. The van der Waals surface area contributed by atoms with E-state index in [1.165, 1.54) is 13.3 Å². The van der Waals surface area contributed by atoms with Crippen LogP contribution in [-0.2, 0) is 23.4 Å². The molecule has 37 heavy (non-hydrogen) atoms. The Morgan fingerprint density at radius 2 is 2.05 bits per heavy atom. The fraction of sp³-hybridized carbons (Fsp3) is 0.478. The second kappa shape index (κ2) is 9.25. The lowest BCUT2D eigenvalue weighted by molar-refractivity contribution is -0.149. The first-order valence-electron chi connectivity index (χ1n) is 11.9. The minimum absolute atomic E-state index is 0.0231. The highest BCUT2D eigenvalue weighted by atomic mass is 31.2. The number of imidazole rings is 1. The molecule has 198 valence electrons. The zero-order valence-electron chi connectivity index (χ0n) is 20.8. The Balaban J connectivity index is 1.33. The van der Waals surface area contributed by atoms with Crippen LogP contribution < -0.4 is 20.9 Å². The first kappa shape index (κ1) is 25.4. The summed E-state index contributed by atoms with van der Waals surface area (Å²) >= 11 is 0. The summed E-state index contributed by atoms with van der Waals surface area (Å²) in [6, 6.07) is 7.59. The van der Waals surface area contributed by atoms with Gasteiger partial charge in [0.15, 0.2) is 11.2 Å². The van der Waals surface area contributed by atoms with Crippen molar-refractivity contribution < 1.29 is 27.9 Å². The average Bonchev–Trinajstić information content (AvgIpc) is 3.13. The van der Waals surface area contributed by atoms with Crippen molar-refractivity contribution in [3.05, 3.63) is 47.0 Å². The number of hydrogen-bond donors (Lipinski definition) is 3. The van der Waals surface area contributed by atoms with Crippen LogP contribution in [0.4, 0.5) is 5.95 Å². The van der Waals surface area contributed by atoms with Crippen molar-refractivity contribution >= 4 is 30.8 Å². The van der Waals surface area contributed by atoms with E-state index in [0.717, 1.165) is 0 Å². The van der Waals surface area contributed by atoms with Crippen molar-refractivity contribution in [2.24, 2.45) is 5.41 Å². The number of nitrogens with one attached hydrogen (secondary N) is 2. The van der Waals surface area contributed by atoms with Gasteiger partial charge in [0.2, 0.25) is 5.95 Å². The molecule has 2 aromatic heterocycles. The molecular formula is C23H29N6O7P. The predicted octanol–water partition coefficient (Wildman–Crippen LogP) is 2.51. The second-order valence-corrected chi connectivity index (χ2v) is 11.4. The molecule has 1 aliphatic carbocycles. The quantitative estimate of drug-likeness (QED) is 0.273. The highest BCUT2D eigenvalue weighted by Gasteiger charge is 2.71. The molecule has 0 amide bonds. The van der Waals surface area contributed by atoms with Crippen LogP contribution in [0.2, 0.25) is 0 Å². The van der Waals surface area contributed by atoms with E-state index in [4.69, 9.17) is 24.3 Å². The van der Waals surface area contributed by atoms with Gasteiger partial charge in [-0.25, -0.2) is 9.55 Å². The van der Waals surface area contributed by atoms with Gasteiger partial charge in [0, 0.05) is 11.8 Å². The van der Waals surface area contributed by atoms with Gasteiger partial charge >= 0.3 is 13.7 Å². The molecule has 4 N–H and O–H groups in total. The summed E-state index contributed by atoms with van der Waals surface area (Å²) in [6.45, 7) is 6.93. The maximum absolute atomic E-state index is 13.9. The van der Waals surface area contributed by atoms with Crippen LogP contribution >= 0.6 is 7.75 Å². The molecule has 0 spiro atoms. The van der Waals surface area contributed by atoms with Crippen molar-refractivity contribution in [2.75, 3.05) is 5.73 Å². The molecule has 13 nitrogen and oxygen atoms in total. The lowest BCUT2D eigenvalue weighted by atomic mass is 10.1. The Morgan fingerprint density at radius 1 is 1.32 bits per heavy atom. The van der Waals surface area contributed by atoms with Gasteiger partial charge in [0.1, 0.15) is 24.1 Å². The summed E-state index contributed by atoms with van der Waals surface area (Å²) in [5.41, 5.74) is 5.22. The van der Waals surface area contributed by atoms with Crippen LogP contribution in [-0.4, -0.2) is 49.8 Å². The number of hydrogen-bond acceptors (Lipinski definition) is 10. The van der Waals surface area contributed by atoms with E-state index in [-0.39, 0.29) is 17.6 Å². The monoisotopic (exact) mass is 532 g/mol. The third kappa shape index (κ3) is 4.87. The number of aromatic amines is 1. The Morgan fingerprint density at radius 3 is 2.70 bits per heavy atom. The molecule has 1 aromatic carbocycles. The van der Waals surface area contributed by atoms with Crippen molar-refractivity contribution in [3.63, 3.8) is 0 Å². The number of nitrogen functional groups attached to an aromatic ring is 1. The number of aromatic nitrogens is 4. The van der Waals surface area contributed by atoms with E-state index in [1.807, 2.05) is 6.92 Å². The zero-order valence-corrected chi connectivity index (χ0v) is 21.7. The zero-order chi connectivity index (χ0) is 26.5. The fourth-order valence-electron chi connectivity index (χ4n) is 4.50. The molecule has 2 aliphatic rings. The largest absolute Gasteiger partial charge is 0.462 e. The minimum atomic E-state index is -4.04. The minimum Gasteiger partial charge on any atom is -0.462 e. The molecule has 14 heteroatoms. The molecule has 5 rings (SSSR count). The smallest absolute Gasteiger partial charge is 0.459 e. The lowest BCUT2D eigenvalue weighted by Crippen LogP contribution is -2.36. The second-order valence-electron chi connectivity index (χ2n) is 9.76. The van der Waals surface area contributed by atoms with E-state index in [0.29, 0.717) is 17.8 Å². The van der Waals surface area contributed by atoms with Crippen molar-refractivity contribution in [1.82, 2.24) is 24.6 Å². The van der Waals surface area contributed by atoms with Crippen LogP contribution in [0.1, 0.15) is 40.3 Å². The van der Waals surface area contributed by atoms with E-state index in [2.05, 4.69) is 20.0 Å². The number of nitrogens with zero attached hydrogens (tertiary/aromatic N) is 3. The van der Waals surface area contributed by atoms with Crippen molar-refractivity contribution in [2.45, 2.75) is 64.7 Å². The van der Waals surface area contributed by atoms with Crippen molar-refractivity contribution in [1.29, 1.82) is 0 Å². The molecule has 2 fully saturated rings. The molecule has 1 saturated heterocycles. The number of para-hydroxylation sites is 1. The van der Waals surface area contributed by atoms with Gasteiger partial charge in [-0.3, -0.25) is 23.7 Å². The summed E-state index contributed by atoms with van der Waals surface area (Å²) in [7, 11) is -4.04. The summed E-state index contributed by atoms with van der Waals surface area (Å²) in [5, 5.41) is 2.70. The first-order valence-corrected chi connectivity index (χ1v) is 13.4. The van der Waals surface area contributed by atoms with Gasteiger partial charge in [-0.15, -0.1) is 0 Å². The molecule has 6 atom stereocenters. The van der Waals surface area contributed by atoms with Gasteiger partial charge in [-0.05, 0) is 32.9 Å². The standard InChI is InChI=1S/C23H29N6O7P/c1-12(2)33-21(31)13(3)28-37(32,35-14-8-6-5-7-9-14)36-18-17-23(18,4)10-15(34-17)29-11-25-16-19(29)26-22(24)27-20(16)30/h5-9,11-13,15,17-18H,10H2,1-4H3,(H,28,32)(H3,24,26,27,30)/t13-,15+,17+,18?,23+,37-/m0/s1. The molecule has 3 heterocycles. The summed E-state index contributed by atoms with van der Waals surface area (Å²) in [6.07, 6.45) is 0.152. The molecule has 0 bridgehead atoms. The summed E-state index contributed by atoms with van der Waals surface area (Å²) in [4.78, 5) is 35.2. The van der Waals surface area contributed by atoms with Crippen LogP contribution in [0.3, 0.4) is 0 Å². The van der Waals surface area contributed by atoms with E-state index in [1.54, 1.807) is 48.7 Å². The number of H-pyrrole nitrogens is 1. The third-order valence-electron chi connectivity index (χ3n) is 6.42. The normalized spacial score (nSPS) is 27.0. The van der Waals surface area contributed by atoms with E-state index >= 15 is 0 Å². The number of nitrogens with two attached hydrogens (primary N) is 1. The topological polar surface area (TPSA) is 173 Å².